The Balaban J connectivity index is 1.73. The smallest absolute Gasteiger partial charge is 0.244 e. The van der Waals surface area contributed by atoms with E-state index >= 15 is 0 Å². The van der Waals surface area contributed by atoms with Crippen molar-refractivity contribution in [3.63, 3.8) is 0 Å². The number of amides is 1. The summed E-state index contributed by atoms with van der Waals surface area (Å²) in [7, 11) is 1.62. The third-order valence-electron chi connectivity index (χ3n) is 4.92. The quantitative estimate of drug-likeness (QED) is 0.854. The van der Waals surface area contributed by atoms with Crippen molar-refractivity contribution in [2.75, 3.05) is 25.1 Å². The zero-order valence-corrected chi connectivity index (χ0v) is 14.8. The number of methoxy groups -OCH3 is 1. The van der Waals surface area contributed by atoms with Crippen molar-refractivity contribution in [3.05, 3.63) is 59.4 Å². The zero-order chi connectivity index (χ0) is 18.0. The van der Waals surface area contributed by atoms with E-state index in [2.05, 4.69) is 4.90 Å². The Kier molecular flexibility index (Phi) is 5.04. The van der Waals surface area contributed by atoms with Crippen LogP contribution in [0.15, 0.2) is 42.5 Å². The van der Waals surface area contributed by atoms with Crippen molar-refractivity contribution in [2.24, 2.45) is 0 Å². The largest absolute Gasteiger partial charge is 0.497 e. The molecule has 0 radical (unpaired) electrons. The lowest BCUT2D eigenvalue weighted by Crippen LogP contribution is -2.55. The monoisotopic (exact) mass is 342 g/mol. The summed E-state index contributed by atoms with van der Waals surface area (Å²) in [4.78, 5) is 16.7. The molecule has 1 atom stereocenters. The van der Waals surface area contributed by atoms with Gasteiger partial charge in [0.05, 0.1) is 13.2 Å². The van der Waals surface area contributed by atoms with Crippen LogP contribution in [0.25, 0.3) is 0 Å². The second kappa shape index (κ2) is 7.23. The number of ether oxygens (including phenoxy) is 1. The van der Waals surface area contributed by atoms with E-state index in [1.165, 1.54) is 6.07 Å². The summed E-state index contributed by atoms with van der Waals surface area (Å²) in [5, 5.41) is 0. The molecule has 0 bridgehead atoms. The Morgan fingerprint density at radius 2 is 1.88 bits per heavy atom. The van der Waals surface area contributed by atoms with Gasteiger partial charge in [-0.2, -0.15) is 0 Å². The average Bonchev–Trinajstić information content (AvgIpc) is 2.63. The van der Waals surface area contributed by atoms with Gasteiger partial charge >= 0.3 is 0 Å². The van der Waals surface area contributed by atoms with Gasteiger partial charge in [0.25, 0.3) is 0 Å². The maximum Gasteiger partial charge on any atom is 0.244 e. The number of nitrogens with zero attached hydrogens (tertiary/aromatic N) is 2. The van der Waals surface area contributed by atoms with Crippen LogP contribution in [-0.2, 0) is 11.3 Å². The second-order valence-electron chi connectivity index (χ2n) is 6.36. The van der Waals surface area contributed by atoms with Crippen LogP contribution in [0.4, 0.5) is 10.1 Å². The fourth-order valence-electron chi connectivity index (χ4n) is 3.19. The SMILES string of the molecule is COc1ccc(N2CCN(Cc3cccc(F)c3C)C(C)C2=O)cc1. The molecule has 1 fully saturated rings. The minimum absolute atomic E-state index is 0.0606. The molecule has 1 saturated heterocycles. The maximum atomic E-state index is 13.7. The molecule has 1 unspecified atom stereocenters. The van der Waals surface area contributed by atoms with Gasteiger partial charge in [0.15, 0.2) is 0 Å². The van der Waals surface area contributed by atoms with Crippen molar-refractivity contribution >= 4 is 11.6 Å². The van der Waals surface area contributed by atoms with Crippen LogP contribution in [0.2, 0.25) is 0 Å². The normalized spacial score (nSPS) is 18.5. The molecule has 0 saturated carbocycles. The lowest BCUT2D eigenvalue weighted by atomic mass is 10.1. The highest BCUT2D eigenvalue weighted by Gasteiger charge is 2.32. The average molecular weight is 342 g/mol. The fraction of sp³-hybridized carbons (Fsp3) is 0.350. The van der Waals surface area contributed by atoms with Crippen LogP contribution in [-0.4, -0.2) is 37.0 Å². The lowest BCUT2D eigenvalue weighted by molar-refractivity contribution is -0.125. The number of benzene rings is 2. The van der Waals surface area contributed by atoms with E-state index in [4.69, 9.17) is 4.74 Å². The van der Waals surface area contributed by atoms with Gasteiger partial charge in [0.2, 0.25) is 5.91 Å². The number of halogens is 1. The number of hydrogen-bond donors (Lipinski definition) is 0. The van der Waals surface area contributed by atoms with Crippen LogP contribution in [0.5, 0.6) is 5.75 Å². The van der Waals surface area contributed by atoms with Crippen molar-refractivity contribution < 1.29 is 13.9 Å². The summed E-state index contributed by atoms with van der Waals surface area (Å²) in [5.74, 6) is 0.628. The van der Waals surface area contributed by atoms with Crippen molar-refractivity contribution in [1.82, 2.24) is 4.90 Å². The number of rotatable bonds is 4. The molecule has 132 valence electrons. The van der Waals surface area contributed by atoms with Gasteiger partial charge in [-0.05, 0) is 55.3 Å². The zero-order valence-electron chi connectivity index (χ0n) is 14.8. The third-order valence-corrected chi connectivity index (χ3v) is 4.92. The van der Waals surface area contributed by atoms with Crippen molar-refractivity contribution in [3.8, 4) is 5.75 Å². The molecule has 1 heterocycles. The minimum Gasteiger partial charge on any atom is -0.497 e. The summed E-state index contributed by atoms with van der Waals surface area (Å²) < 4.78 is 18.9. The molecule has 0 N–H and O–H groups in total. The van der Waals surface area contributed by atoms with Gasteiger partial charge < -0.3 is 9.64 Å². The number of hydrogen-bond acceptors (Lipinski definition) is 3. The van der Waals surface area contributed by atoms with E-state index in [-0.39, 0.29) is 17.8 Å². The van der Waals surface area contributed by atoms with Crippen LogP contribution >= 0.6 is 0 Å². The molecule has 1 aliphatic heterocycles. The minimum atomic E-state index is -0.251. The predicted molar refractivity (Wildman–Crippen MR) is 96.4 cm³/mol. The molecule has 0 aliphatic carbocycles. The molecule has 1 aliphatic rings. The van der Waals surface area contributed by atoms with Crippen LogP contribution < -0.4 is 9.64 Å². The van der Waals surface area contributed by atoms with Gasteiger partial charge in [-0.15, -0.1) is 0 Å². The van der Waals surface area contributed by atoms with Crippen LogP contribution in [0.3, 0.4) is 0 Å². The van der Waals surface area contributed by atoms with Crippen LogP contribution in [0.1, 0.15) is 18.1 Å². The molecular weight excluding hydrogens is 319 g/mol. The fourth-order valence-corrected chi connectivity index (χ4v) is 3.19. The number of piperazine rings is 1. The molecule has 0 spiro atoms. The molecule has 1 amide bonds. The molecular formula is C20H23FN2O2. The number of anilines is 1. The molecule has 0 aromatic heterocycles. The standard InChI is InChI=1S/C20H23FN2O2/c1-14-16(5-4-6-19(14)21)13-22-11-12-23(20(24)15(22)2)17-7-9-18(25-3)10-8-17/h4-10,15H,11-13H2,1-3H3. The van der Waals surface area contributed by atoms with Gasteiger partial charge in [-0.25, -0.2) is 4.39 Å². The number of carbonyl (C=O) groups is 1. The van der Waals surface area contributed by atoms with Gasteiger partial charge in [-0.3, -0.25) is 9.69 Å². The van der Waals surface area contributed by atoms with Gasteiger partial charge in [0, 0.05) is 25.3 Å². The Morgan fingerprint density at radius 1 is 1.16 bits per heavy atom. The Bertz CT molecular complexity index is 761. The van der Waals surface area contributed by atoms with E-state index in [1.54, 1.807) is 25.0 Å². The van der Waals surface area contributed by atoms with Gasteiger partial charge in [-0.1, -0.05) is 12.1 Å². The predicted octanol–water partition coefficient (Wildman–Crippen LogP) is 3.38. The summed E-state index contributed by atoms with van der Waals surface area (Å²) >= 11 is 0. The van der Waals surface area contributed by atoms with Crippen molar-refractivity contribution in [1.29, 1.82) is 0 Å². The molecule has 2 aromatic rings. The summed E-state index contributed by atoms with van der Waals surface area (Å²) in [6, 6.07) is 12.4. The van der Waals surface area contributed by atoms with Crippen LogP contribution in [0, 0.1) is 12.7 Å². The summed E-state index contributed by atoms with van der Waals surface area (Å²) in [6.07, 6.45) is 0. The molecule has 4 nitrogen and oxygen atoms in total. The van der Waals surface area contributed by atoms with E-state index in [0.717, 1.165) is 23.5 Å². The lowest BCUT2D eigenvalue weighted by Gasteiger charge is -2.39. The maximum absolute atomic E-state index is 13.7. The molecule has 25 heavy (non-hydrogen) atoms. The highest BCUT2D eigenvalue weighted by molar-refractivity contribution is 5.97. The summed E-state index contributed by atoms with van der Waals surface area (Å²) in [5.41, 5.74) is 2.46. The first kappa shape index (κ1) is 17.4. The third kappa shape index (κ3) is 3.51. The van der Waals surface area contributed by atoms with E-state index in [1.807, 2.05) is 37.3 Å². The Morgan fingerprint density at radius 3 is 2.56 bits per heavy atom. The topological polar surface area (TPSA) is 32.8 Å². The van der Waals surface area contributed by atoms with Gasteiger partial charge in [0.1, 0.15) is 11.6 Å². The first-order valence-corrected chi connectivity index (χ1v) is 8.44. The Hall–Kier alpha value is -2.40. The summed E-state index contributed by atoms with van der Waals surface area (Å²) in [6.45, 7) is 5.63. The van der Waals surface area contributed by atoms with E-state index in [9.17, 15) is 9.18 Å². The molecule has 3 rings (SSSR count). The second-order valence-corrected chi connectivity index (χ2v) is 6.36. The highest BCUT2D eigenvalue weighted by Crippen LogP contribution is 2.24. The molecule has 2 aromatic carbocycles. The van der Waals surface area contributed by atoms with E-state index in [0.29, 0.717) is 18.7 Å². The first-order valence-electron chi connectivity index (χ1n) is 8.44. The highest BCUT2D eigenvalue weighted by atomic mass is 19.1. The van der Waals surface area contributed by atoms with E-state index < -0.39 is 0 Å². The number of carbonyl (C=O) groups excluding carboxylic acids is 1. The Labute approximate surface area is 147 Å². The first-order chi connectivity index (χ1) is 12.0. The van der Waals surface area contributed by atoms with Crippen molar-refractivity contribution in [2.45, 2.75) is 26.4 Å². The molecule has 5 heteroatoms.